The minimum Gasteiger partial charge on any atom is -0.456 e. The molecule has 0 bridgehead atoms. The molecule has 2 nitrogen and oxygen atoms in total. The van der Waals surface area contributed by atoms with Gasteiger partial charge in [0.2, 0.25) is 0 Å². The molecule has 22 heavy (non-hydrogen) atoms. The SMILES string of the molecule is O=C(OCc1cc(F)ccc1F)C(F)(F)C(F)(F)C(F)(F)F. The lowest BCUT2D eigenvalue weighted by molar-refractivity contribution is -0.348. The Morgan fingerprint density at radius 3 is 2.05 bits per heavy atom. The standard InChI is InChI=1S/C11H5F9O2/c12-6-1-2-7(13)5(3-6)4-22-8(21)9(14,15)10(16,17)11(18,19)20/h1-3H,4H2. The minimum absolute atomic E-state index is 0.392. The summed E-state index contributed by atoms with van der Waals surface area (Å²) < 4.78 is 116. The number of carbonyl (C=O) groups is 1. The Morgan fingerprint density at radius 1 is 1.00 bits per heavy atom. The van der Waals surface area contributed by atoms with Crippen LogP contribution in [-0.2, 0) is 16.1 Å². The lowest BCUT2D eigenvalue weighted by Gasteiger charge is -2.26. The highest BCUT2D eigenvalue weighted by molar-refractivity contribution is 5.79. The number of esters is 1. The molecule has 11 heteroatoms. The number of hydrogen-bond donors (Lipinski definition) is 0. The van der Waals surface area contributed by atoms with Crippen molar-refractivity contribution in [2.24, 2.45) is 0 Å². The maximum atomic E-state index is 13.1. The van der Waals surface area contributed by atoms with Gasteiger partial charge in [-0.1, -0.05) is 0 Å². The number of benzene rings is 1. The molecular weight excluding hydrogens is 335 g/mol. The van der Waals surface area contributed by atoms with Crippen molar-refractivity contribution >= 4 is 5.97 Å². The van der Waals surface area contributed by atoms with Crippen LogP contribution in [-0.4, -0.2) is 24.0 Å². The van der Waals surface area contributed by atoms with Gasteiger partial charge in [0, 0.05) is 5.56 Å². The molecule has 0 amide bonds. The first-order chi connectivity index (χ1) is 9.80. The summed E-state index contributed by atoms with van der Waals surface area (Å²) in [5.74, 6) is -18.4. The molecule has 0 N–H and O–H groups in total. The molecule has 0 aliphatic heterocycles. The van der Waals surface area contributed by atoms with E-state index in [1.807, 2.05) is 0 Å². The van der Waals surface area contributed by atoms with Gasteiger partial charge in [-0.15, -0.1) is 0 Å². The van der Waals surface area contributed by atoms with Crippen molar-refractivity contribution in [2.75, 3.05) is 0 Å². The first-order valence-corrected chi connectivity index (χ1v) is 5.24. The number of ether oxygens (including phenoxy) is 1. The molecule has 0 saturated heterocycles. The van der Waals surface area contributed by atoms with Gasteiger partial charge in [-0.3, -0.25) is 0 Å². The maximum Gasteiger partial charge on any atom is 0.460 e. The Hall–Kier alpha value is -1.94. The van der Waals surface area contributed by atoms with Crippen molar-refractivity contribution in [3.8, 4) is 0 Å². The molecule has 0 saturated carbocycles. The average Bonchev–Trinajstić information content (AvgIpc) is 2.37. The number of rotatable bonds is 4. The van der Waals surface area contributed by atoms with Gasteiger partial charge in [0.25, 0.3) is 0 Å². The fourth-order valence-electron chi connectivity index (χ4n) is 1.19. The van der Waals surface area contributed by atoms with Gasteiger partial charge < -0.3 is 4.74 Å². The molecule has 0 atom stereocenters. The second kappa shape index (κ2) is 5.69. The van der Waals surface area contributed by atoms with Crippen molar-refractivity contribution in [3.05, 3.63) is 35.4 Å². The number of carbonyl (C=O) groups excluding carboxylic acids is 1. The predicted octanol–water partition coefficient (Wildman–Crippen LogP) is 3.84. The highest BCUT2D eigenvalue weighted by Crippen LogP contribution is 2.47. The van der Waals surface area contributed by atoms with Gasteiger partial charge >= 0.3 is 24.0 Å². The molecule has 124 valence electrons. The van der Waals surface area contributed by atoms with E-state index in [1.54, 1.807) is 0 Å². The summed E-state index contributed by atoms with van der Waals surface area (Å²) in [5.41, 5.74) is -0.820. The summed E-state index contributed by atoms with van der Waals surface area (Å²) in [6, 6.07) is 1.52. The van der Waals surface area contributed by atoms with E-state index in [9.17, 15) is 44.3 Å². The van der Waals surface area contributed by atoms with E-state index in [-0.39, 0.29) is 0 Å². The van der Waals surface area contributed by atoms with Crippen LogP contribution in [0.5, 0.6) is 0 Å². The van der Waals surface area contributed by atoms with Crippen LogP contribution in [0.15, 0.2) is 18.2 Å². The van der Waals surface area contributed by atoms with Crippen molar-refractivity contribution in [1.82, 2.24) is 0 Å². The third kappa shape index (κ3) is 3.28. The molecule has 0 heterocycles. The van der Waals surface area contributed by atoms with Gasteiger partial charge in [0.05, 0.1) is 0 Å². The van der Waals surface area contributed by atoms with Crippen LogP contribution < -0.4 is 0 Å². The zero-order valence-corrected chi connectivity index (χ0v) is 10.2. The highest BCUT2D eigenvalue weighted by atomic mass is 19.4. The summed E-state index contributed by atoms with van der Waals surface area (Å²) in [6.07, 6.45) is -6.71. The normalized spacial score (nSPS) is 13.1. The van der Waals surface area contributed by atoms with Crippen molar-refractivity contribution in [3.63, 3.8) is 0 Å². The van der Waals surface area contributed by atoms with Crippen molar-refractivity contribution < 1.29 is 49.0 Å². The smallest absolute Gasteiger partial charge is 0.456 e. The third-order valence-corrected chi connectivity index (χ3v) is 2.37. The molecule has 0 fully saturated rings. The van der Waals surface area contributed by atoms with Gasteiger partial charge in [-0.05, 0) is 18.2 Å². The van der Waals surface area contributed by atoms with Crippen molar-refractivity contribution in [2.45, 2.75) is 24.6 Å². The molecule has 0 aliphatic rings. The second-order valence-electron chi connectivity index (χ2n) is 3.96. The first kappa shape index (κ1) is 18.1. The summed E-state index contributed by atoms with van der Waals surface area (Å²) in [5, 5.41) is 0. The molecular formula is C11H5F9O2. The van der Waals surface area contributed by atoms with Crippen LogP contribution in [0.4, 0.5) is 39.5 Å². The van der Waals surface area contributed by atoms with Crippen LogP contribution in [0.2, 0.25) is 0 Å². The molecule has 0 radical (unpaired) electrons. The number of alkyl halides is 7. The topological polar surface area (TPSA) is 26.3 Å². The van der Waals surface area contributed by atoms with E-state index in [0.717, 1.165) is 0 Å². The fraction of sp³-hybridized carbons (Fsp3) is 0.364. The zero-order chi connectivity index (χ0) is 17.3. The van der Waals surface area contributed by atoms with E-state index in [2.05, 4.69) is 4.74 Å². The quantitative estimate of drug-likeness (QED) is 0.615. The fourth-order valence-corrected chi connectivity index (χ4v) is 1.19. The Kier molecular flexibility index (Phi) is 4.68. The van der Waals surface area contributed by atoms with E-state index in [1.165, 1.54) is 0 Å². The van der Waals surface area contributed by atoms with Gasteiger partial charge in [0.1, 0.15) is 18.2 Å². The van der Waals surface area contributed by atoms with Gasteiger partial charge in [-0.25, -0.2) is 13.6 Å². The van der Waals surface area contributed by atoms with Crippen LogP contribution in [0, 0.1) is 11.6 Å². The Balaban J connectivity index is 2.91. The first-order valence-electron chi connectivity index (χ1n) is 5.24. The minimum atomic E-state index is -6.71. The molecule has 0 aliphatic carbocycles. The summed E-state index contributed by atoms with van der Waals surface area (Å²) in [4.78, 5) is 10.8. The van der Waals surface area contributed by atoms with Crippen LogP contribution >= 0.6 is 0 Å². The second-order valence-corrected chi connectivity index (χ2v) is 3.96. The summed E-state index contributed by atoms with van der Waals surface area (Å²) >= 11 is 0. The highest BCUT2D eigenvalue weighted by Gasteiger charge is 2.77. The van der Waals surface area contributed by atoms with Gasteiger partial charge in [0.15, 0.2) is 0 Å². The maximum absolute atomic E-state index is 13.1. The number of halogens is 9. The van der Waals surface area contributed by atoms with Crippen LogP contribution in [0.25, 0.3) is 0 Å². The Labute approximate surface area is 116 Å². The average molecular weight is 340 g/mol. The summed E-state index contributed by atoms with van der Waals surface area (Å²) in [7, 11) is 0. The third-order valence-electron chi connectivity index (χ3n) is 2.37. The van der Waals surface area contributed by atoms with E-state index < -0.39 is 47.8 Å². The monoisotopic (exact) mass is 340 g/mol. The molecule has 1 rings (SSSR count). The lowest BCUT2D eigenvalue weighted by atomic mass is 10.1. The Morgan fingerprint density at radius 2 is 1.55 bits per heavy atom. The van der Waals surface area contributed by atoms with Crippen LogP contribution in [0.1, 0.15) is 5.56 Å². The molecule has 1 aromatic carbocycles. The molecule has 0 spiro atoms. The van der Waals surface area contributed by atoms with Crippen LogP contribution in [0.3, 0.4) is 0 Å². The molecule has 0 unspecified atom stereocenters. The lowest BCUT2D eigenvalue weighted by Crippen LogP contribution is -2.56. The Bertz CT molecular complexity index is 565. The zero-order valence-electron chi connectivity index (χ0n) is 10.2. The van der Waals surface area contributed by atoms with Gasteiger partial charge in [-0.2, -0.15) is 30.7 Å². The predicted molar refractivity (Wildman–Crippen MR) is 52.1 cm³/mol. The number of hydrogen-bond acceptors (Lipinski definition) is 2. The van der Waals surface area contributed by atoms with E-state index >= 15 is 0 Å². The van der Waals surface area contributed by atoms with Crippen molar-refractivity contribution in [1.29, 1.82) is 0 Å². The largest absolute Gasteiger partial charge is 0.460 e. The molecule has 0 aromatic heterocycles. The molecule has 1 aromatic rings. The van der Waals surface area contributed by atoms with E-state index in [0.29, 0.717) is 18.2 Å². The van der Waals surface area contributed by atoms with E-state index in [4.69, 9.17) is 0 Å². The summed E-state index contributed by atoms with van der Waals surface area (Å²) in [6.45, 7) is -1.45.